The molecule has 22 heavy (non-hydrogen) atoms. The lowest BCUT2D eigenvalue weighted by atomic mass is 10.1. The highest BCUT2D eigenvalue weighted by molar-refractivity contribution is 8.00. The van der Waals surface area contributed by atoms with Crippen LogP contribution < -0.4 is 5.32 Å². The van der Waals surface area contributed by atoms with E-state index in [4.69, 9.17) is 11.6 Å². The third-order valence-corrected chi connectivity index (χ3v) is 4.56. The lowest BCUT2D eigenvalue weighted by Crippen LogP contribution is -2.34. The van der Waals surface area contributed by atoms with Crippen molar-refractivity contribution >= 4 is 29.3 Å². The minimum atomic E-state index is 0.0699. The predicted molar refractivity (Wildman–Crippen MR) is 94.5 cm³/mol. The van der Waals surface area contributed by atoms with Gasteiger partial charge in [0.2, 0.25) is 5.91 Å². The highest BCUT2D eigenvalue weighted by Crippen LogP contribution is 2.20. The monoisotopic (exact) mass is 333 g/mol. The molecule has 0 aliphatic heterocycles. The molecule has 2 nitrogen and oxygen atoms in total. The first kappa shape index (κ1) is 16.9. The summed E-state index contributed by atoms with van der Waals surface area (Å²) >= 11 is 7.36. The van der Waals surface area contributed by atoms with Crippen molar-refractivity contribution in [2.24, 2.45) is 0 Å². The van der Waals surface area contributed by atoms with E-state index in [0.29, 0.717) is 10.8 Å². The van der Waals surface area contributed by atoms with E-state index in [1.807, 2.05) is 49.4 Å². The van der Waals surface area contributed by atoms with Gasteiger partial charge in [-0.2, -0.15) is 0 Å². The molecular weight excluding hydrogens is 314 g/mol. The van der Waals surface area contributed by atoms with Crippen LogP contribution in [0.3, 0.4) is 0 Å². The summed E-state index contributed by atoms with van der Waals surface area (Å²) < 4.78 is 0. The second kappa shape index (κ2) is 8.86. The van der Waals surface area contributed by atoms with E-state index in [9.17, 15) is 4.79 Å². The molecule has 2 aromatic carbocycles. The SMILES string of the molecule is CC(CCc1ccccc1)NC(=O)CSc1ccc(Cl)cc1. The van der Waals surface area contributed by atoms with Crippen molar-refractivity contribution in [3.63, 3.8) is 0 Å². The van der Waals surface area contributed by atoms with Crippen LogP contribution in [0.1, 0.15) is 18.9 Å². The smallest absolute Gasteiger partial charge is 0.230 e. The van der Waals surface area contributed by atoms with E-state index >= 15 is 0 Å². The number of amides is 1. The molecule has 4 heteroatoms. The first-order chi connectivity index (χ1) is 10.6. The number of halogens is 1. The fourth-order valence-corrected chi connectivity index (χ4v) is 2.93. The van der Waals surface area contributed by atoms with Crippen LogP contribution in [-0.2, 0) is 11.2 Å². The van der Waals surface area contributed by atoms with Gasteiger partial charge in [0.05, 0.1) is 5.75 Å². The summed E-state index contributed by atoms with van der Waals surface area (Å²) in [6, 6.07) is 18.0. The molecule has 0 aliphatic rings. The van der Waals surface area contributed by atoms with Gasteiger partial charge in [-0.3, -0.25) is 4.79 Å². The van der Waals surface area contributed by atoms with Crippen molar-refractivity contribution in [2.45, 2.75) is 30.7 Å². The largest absolute Gasteiger partial charge is 0.353 e. The Morgan fingerprint density at radius 2 is 1.82 bits per heavy atom. The summed E-state index contributed by atoms with van der Waals surface area (Å²) in [5.74, 6) is 0.498. The molecule has 0 fully saturated rings. The Morgan fingerprint density at radius 1 is 1.14 bits per heavy atom. The number of aryl methyl sites for hydroxylation is 1. The van der Waals surface area contributed by atoms with E-state index < -0.39 is 0 Å². The van der Waals surface area contributed by atoms with Gasteiger partial charge in [0.15, 0.2) is 0 Å². The van der Waals surface area contributed by atoms with E-state index in [0.717, 1.165) is 17.7 Å². The molecule has 116 valence electrons. The molecule has 2 aromatic rings. The van der Waals surface area contributed by atoms with Gasteiger partial charge in [0.1, 0.15) is 0 Å². The van der Waals surface area contributed by atoms with Gasteiger partial charge < -0.3 is 5.32 Å². The fourth-order valence-electron chi connectivity index (χ4n) is 2.10. The quantitative estimate of drug-likeness (QED) is 0.752. The Morgan fingerprint density at radius 3 is 2.50 bits per heavy atom. The zero-order valence-corrected chi connectivity index (χ0v) is 14.2. The van der Waals surface area contributed by atoms with Gasteiger partial charge in [-0.25, -0.2) is 0 Å². The Labute approximate surface area is 141 Å². The minimum absolute atomic E-state index is 0.0699. The Bertz CT molecular complexity index is 586. The minimum Gasteiger partial charge on any atom is -0.353 e. The number of hydrogen-bond acceptors (Lipinski definition) is 2. The van der Waals surface area contributed by atoms with Crippen molar-refractivity contribution < 1.29 is 4.79 Å². The standard InChI is InChI=1S/C18H20ClNOS/c1-14(7-8-15-5-3-2-4-6-15)20-18(21)13-22-17-11-9-16(19)10-12-17/h2-6,9-12,14H,7-8,13H2,1H3,(H,20,21). The zero-order chi connectivity index (χ0) is 15.8. The van der Waals surface area contributed by atoms with Crippen LogP contribution >= 0.6 is 23.4 Å². The summed E-state index contributed by atoms with van der Waals surface area (Å²) in [5.41, 5.74) is 1.30. The van der Waals surface area contributed by atoms with Crippen LogP contribution in [0.2, 0.25) is 5.02 Å². The molecule has 0 bridgehead atoms. The summed E-state index contributed by atoms with van der Waals surface area (Å²) in [4.78, 5) is 13.0. The third-order valence-electron chi connectivity index (χ3n) is 3.30. The lowest BCUT2D eigenvalue weighted by Gasteiger charge is -2.13. The van der Waals surface area contributed by atoms with Crippen molar-refractivity contribution in [3.05, 3.63) is 65.2 Å². The van der Waals surface area contributed by atoms with E-state index in [2.05, 4.69) is 17.4 Å². The second-order valence-electron chi connectivity index (χ2n) is 5.24. The fraction of sp³-hybridized carbons (Fsp3) is 0.278. The topological polar surface area (TPSA) is 29.1 Å². The summed E-state index contributed by atoms with van der Waals surface area (Å²) in [6.07, 6.45) is 1.92. The van der Waals surface area contributed by atoms with E-state index in [1.54, 1.807) is 0 Å². The normalized spacial score (nSPS) is 11.9. The lowest BCUT2D eigenvalue weighted by molar-refractivity contribution is -0.119. The molecule has 2 rings (SSSR count). The molecule has 0 radical (unpaired) electrons. The molecule has 1 N–H and O–H groups in total. The molecule has 0 saturated carbocycles. The van der Waals surface area contributed by atoms with Crippen molar-refractivity contribution in [2.75, 3.05) is 5.75 Å². The zero-order valence-electron chi connectivity index (χ0n) is 12.6. The van der Waals surface area contributed by atoms with Crippen LogP contribution in [0.4, 0.5) is 0 Å². The maximum absolute atomic E-state index is 11.9. The van der Waals surface area contributed by atoms with Crippen LogP contribution in [0.25, 0.3) is 0 Å². The maximum Gasteiger partial charge on any atom is 0.230 e. The number of rotatable bonds is 7. The highest BCUT2D eigenvalue weighted by atomic mass is 35.5. The van der Waals surface area contributed by atoms with Gasteiger partial charge in [0, 0.05) is 16.0 Å². The molecule has 0 heterocycles. The summed E-state index contributed by atoms with van der Waals surface area (Å²) in [6.45, 7) is 2.05. The van der Waals surface area contributed by atoms with Crippen molar-refractivity contribution in [1.82, 2.24) is 5.32 Å². The second-order valence-corrected chi connectivity index (χ2v) is 6.72. The third kappa shape index (κ3) is 6.12. The summed E-state index contributed by atoms with van der Waals surface area (Å²) in [5, 5.41) is 3.76. The number of carbonyl (C=O) groups excluding carboxylic acids is 1. The van der Waals surface area contributed by atoms with Gasteiger partial charge in [-0.05, 0) is 49.6 Å². The Balaban J connectivity index is 1.68. The van der Waals surface area contributed by atoms with E-state index in [-0.39, 0.29) is 11.9 Å². The number of benzene rings is 2. The van der Waals surface area contributed by atoms with Crippen LogP contribution in [0.15, 0.2) is 59.5 Å². The molecule has 0 saturated heterocycles. The molecule has 1 atom stereocenters. The van der Waals surface area contributed by atoms with Gasteiger partial charge in [-0.15, -0.1) is 11.8 Å². The Hall–Kier alpha value is -1.45. The molecular formula is C18H20ClNOS. The average Bonchev–Trinajstić information content (AvgIpc) is 2.53. The number of nitrogens with one attached hydrogen (secondary N) is 1. The average molecular weight is 334 g/mol. The highest BCUT2D eigenvalue weighted by Gasteiger charge is 2.08. The number of hydrogen-bond donors (Lipinski definition) is 1. The number of carbonyl (C=O) groups is 1. The van der Waals surface area contributed by atoms with Crippen molar-refractivity contribution in [1.29, 1.82) is 0 Å². The van der Waals surface area contributed by atoms with Crippen LogP contribution in [0.5, 0.6) is 0 Å². The predicted octanol–water partition coefficient (Wildman–Crippen LogP) is 4.57. The van der Waals surface area contributed by atoms with E-state index in [1.165, 1.54) is 17.3 Å². The molecule has 1 amide bonds. The van der Waals surface area contributed by atoms with Gasteiger partial charge in [0.25, 0.3) is 0 Å². The van der Waals surface area contributed by atoms with Crippen molar-refractivity contribution in [3.8, 4) is 0 Å². The molecule has 0 aromatic heterocycles. The first-order valence-corrected chi connectivity index (χ1v) is 8.71. The molecule has 1 unspecified atom stereocenters. The molecule has 0 spiro atoms. The van der Waals surface area contributed by atoms with Crippen LogP contribution in [-0.4, -0.2) is 17.7 Å². The van der Waals surface area contributed by atoms with Crippen LogP contribution in [0, 0.1) is 0 Å². The first-order valence-electron chi connectivity index (χ1n) is 7.35. The summed E-state index contributed by atoms with van der Waals surface area (Å²) in [7, 11) is 0. The van der Waals surface area contributed by atoms with Gasteiger partial charge >= 0.3 is 0 Å². The molecule has 0 aliphatic carbocycles. The Kier molecular flexibility index (Phi) is 6.81. The maximum atomic E-state index is 11.9. The van der Waals surface area contributed by atoms with Gasteiger partial charge in [-0.1, -0.05) is 41.9 Å². The number of thioether (sulfide) groups is 1.